The predicted molar refractivity (Wildman–Crippen MR) is 34.2 cm³/mol. The number of carbonyl (C=O) groups is 1. The summed E-state index contributed by atoms with van der Waals surface area (Å²) in [5, 5.41) is 8.54. The summed E-state index contributed by atoms with van der Waals surface area (Å²) < 4.78 is 0. The van der Waals surface area contributed by atoms with Crippen LogP contribution in [0.2, 0.25) is 0 Å². The van der Waals surface area contributed by atoms with Crippen LogP contribution >= 0.6 is 0 Å². The first-order valence-corrected chi connectivity index (χ1v) is 3.53. The summed E-state index contributed by atoms with van der Waals surface area (Å²) in [5.74, 6) is -0.631. The average molecular weight is 219 g/mol. The van der Waals surface area contributed by atoms with Crippen molar-refractivity contribution in [2.24, 2.45) is 5.92 Å². The van der Waals surface area contributed by atoms with Crippen molar-refractivity contribution in [1.82, 2.24) is 0 Å². The third kappa shape index (κ3) is 2.96. The van der Waals surface area contributed by atoms with Crippen LogP contribution in [0.1, 0.15) is 32.1 Å². The van der Waals surface area contributed by atoms with E-state index >= 15 is 0 Å². The first-order chi connectivity index (χ1) is 4.30. The largest absolute Gasteiger partial charge is 0.481 e. The maximum absolute atomic E-state index is 10.4. The Morgan fingerprint density at radius 1 is 1.20 bits per heavy atom. The van der Waals surface area contributed by atoms with Crippen LogP contribution in [0.15, 0.2) is 0 Å². The molecule has 1 N–H and O–H groups in total. The van der Waals surface area contributed by atoms with Gasteiger partial charge >= 0.3 is 5.97 Å². The van der Waals surface area contributed by atoms with E-state index < -0.39 is 5.97 Å². The molecule has 2 nitrogen and oxygen atoms in total. The Morgan fingerprint density at radius 3 is 2.00 bits per heavy atom. The molecule has 0 radical (unpaired) electrons. The fourth-order valence-electron chi connectivity index (χ4n) is 1.35. The number of carboxylic acids is 1. The summed E-state index contributed by atoms with van der Waals surface area (Å²) in [4.78, 5) is 10.4. The van der Waals surface area contributed by atoms with Crippen LogP contribution in [0, 0.1) is 5.92 Å². The molecule has 0 saturated heterocycles. The molecule has 1 aliphatic carbocycles. The molecule has 1 saturated carbocycles. The van der Waals surface area contributed by atoms with E-state index in [-0.39, 0.29) is 32.1 Å². The van der Waals surface area contributed by atoms with Crippen molar-refractivity contribution < 1.29 is 36.1 Å². The molecule has 0 aliphatic heterocycles. The molecule has 10 heavy (non-hydrogen) atoms. The van der Waals surface area contributed by atoms with E-state index in [0.717, 1.165) is 25.7 Å². The van der Waals surface area contributed by atoms with Crippen molar-refractivity contribution in [3.8, 4) is 0 Å². The Balaban J connectivity index is 0.000000810. The van der Waals surface area contributed by atoms with Gasteiger partial charge in [-0.05, 0) is 12.8 Å². The zero-order chi connectivity index (χ0) is 6.69. The van der Waals surface area contributed by atoms with E-state index in [9.17, 15) is 4.79 Å². The molecule has 0 bridgehead atoms. The Bertz CT molecular complexity index is 108. The minimum atomic E-state index is -0.602. The summed E-state index contributed by atoms with van der Waals surface area (Å²) in [5.41, 5.74) is 0. The number of aliphatic carboxylic acids is 1. The Morgan fingerprint density at radius 2 is 1.70 bits per heavy atom. The third-order valence-electron chi connectivity index (χ3n) is 1.95. The van der Waals surface area contributed by atoms with Gasteiger partial charge in [0, 0.05) is 26.2 Å². The fraction of sp³-hybridized carbons (Fsp3) is 0.857. The van der Waals surface area contributed by atoms with Crippen molar-refractivity contribution in [1.29, 1.82) is 0 Å². The summed E-state index contributed by atoms with van der Waals surface area (Å²) in [7, 11) is 0. The van der Waals surface area contributed by atoms with Gasteiger partial charge in [0.15, 0.2) is 0 Å². The zero-order valence-corrected chi connectivity index (χ0v) is 8.43. The maximum atomic E-state index is 10.4. The van der Waals surface area contributed by atoms with E-state index in [4.69, 9.17) is 5.11 Å². The molecule has 0 aromatic rings. The second-order valence-electron chi connectivity index (χ2n) is 2.67. The molecule has 1 rings (SSSR count). The molecular weight excluding hydrogens is 207 g/mol. The third-order valence-corrected chi connectivity index (χ3v) is 1.95. The van der Waals surface area contributed by atoms with Gasteiger partial charge in [0.1, 0.15) is 0 Å². The Hall–Kier alpha value is 0.353. The van der Waals surface area contributed by atoms with Crippen molar-refractivity contribution in [2.45, 2.75) is 32.1 Å². The van der Waals surface area contributed by atoms with Crippen LogP contribution in [-0.4, -0.2) is 11.1 Å². The van der Waals surface area contributed by atoms with E-state index in [1.54, 1.807) is 0 Å². The van der Waals surface area contributed by atoms with E-state index in [1.807, 2.05) is 0 Å². The quantitative estimate of drug-likeness (QED) is 0.728. The fourth-order valence-corrected chi connectivity index (χ4v) is 1.35. The van der Waals surface area contributed by atoms with Gasteiger partial charge in [-0.1, -0.05) is 19.3 Å². The molecule has 1 aliphatic rings. The molecular formula is C7H12O2Zr. The average Bonchev–Trinajstić information content (AvgIpc) is 1.90. The summed E-state index contributed by atoms with van der Waals surface area (Å²) in [6.07, 6.45) is 5.24. The van der Waals surface area contributed by atoms with Crippen LogP contribution in [0.25, 0.3) is 0 Å². The normalized spacial score (nSPS) is 19.6. The molecule has 0 unspecified atom stereocenters. The summed E-state index contributed by atoms with van der Waals surface area (Å²) >= 11 is 0. The topological polar surface area (TPSA) is 37.3 Å². The first kappa shape index (κ1) is 10.4. The second kappa shape index (κ2) is 5.06. The molecule has 3 heteroatoms. The first-order valence-electron chi connectivity index (χ1n) is 3.53. The van der Waals surface area contributed by atoms with Crippen molar-refractivity contribution in [2.75, 3.05) is 0 Å². The Kier molecular flexibility index (Phi) is 5.24. The van der Waals surface area contributed by atoms with Gasteiger partial charge in [0.25, 0.3) is 0 Å². The summed E-state index contributed by atoms with van der Waals surface area (Å²) in [6, 6.07) is 0. The van der Waals surface area contributed by atoms with E-state index in [0.29, 0.717) is 0 Å². The monoisotopic (exact) mass is 218 g/mol. The zero-order valence-electron chi connectivity index (χ0n) is 5.97. The minimum absolute atomic E-state index is 0. The Labute approximate surface area is 80.1 Å². The molecule has 0 atom stereocenters. The van der Waals surface area contributed by atoms with Crippen LogP contribution in [0.4, 0.5) is 0 Å². The SMILES string of the molecule is O=C(O)C1CCCCC1.[Zr]. The second-order valence-corrected chi connectivity index (χ2v) is 2.67. The molecule has 0 heterocycles. The van der Waals surface area contributed by atoms with Gasteiger partial charge in [0.2, 0.25) is 0 Å². The molecule has 1 fully saturated rings. The van der Waals surface area contributed by atoms with Gasteiger partial charge in [-0.3, -0.25) is 4.79 Å². The summed E-state index contributed by atoms with van der Waals surface area (Å²) in [6.45, 7) is 0. The van der Waals surface area contributed by atoms with Crippen molar-refractivity contribution in [3.63, 3.8) is 0 Å². The van der Waals surface area contributed by atoms with Gasteiger partial charge in [-0.15, -0.1) is 0 Å². The van der Waals surface area contributed by atoms with Crippen molar-refractivity contribution in [3.05, 3.63) is 0 Å². The van der Waals surface area contributed by atoms with Gasteiger partial charge in [-0.2, -0.15) is 0 Å². The minimum Gasteiger partial charge on any atom is -0.481 e. The number of carboxylic acid groups (broad SMARTS) is 1. The predicted octanol–water partition coefficient (Wildman–Crippen LogP) is 1.65. The van der Waals surface area contributed by atoms with Gasteiger partial charge in [0.05, 0.1) is 5.92 Å². The molecule has 0 aromatic carbocycles. The molecule has 0 amide bonds. The smallest absolute Gasteiger partial charge is 0.306 e. The van der Waals surface area contributed by atoms with E-state index in [2.05, 4.69) is 0 Å². The standard InChI is InChI=1S/C7H12O2.Zr/c8-7(9)6-4-2-1-3-5-6;/h6H,1-5H2,(H,8,9);. The molecule has 56 valence electrons. The number of hydrogen-bond donors (Lipinski definition) is 1. The van der Waals surface area contributed by atoms with Gasteiger partial charge in [-0.25, -0.2) is 0 Å². The van der Waals surface area contributed by atoms with Crippen LogP contribution < -0.4 is 0 Å². The molecule has 0 aromatic heterocycles. The van der Waals surface area contributed by atoms with Crippen LogP contribution in [-0.2, 0) is 31.0 Å². The van der Waals surface area contributed by atoms with Crippen LogP contribution in [0.3, 0.4) is 0 Å². The number of hydrogen-bond acceptors (Lipinski definition) is 1. The number of rotatable bonds is 1. The maximum Gasteiger partial charge on any atom is 0.306 e. The van der Waals surface area contributed by atoms with E-state index in [1.165, 1.54) is 6.42 Å². The molecule has 0 spiro atoms. The van der Waals surface area contributed by atoms with Crippen molar-refractivity contribution >= 4 is 5.97 Å². The van der Waals surface area contributed by atoms with Crippen LogP contribution in [0.5, 0.6) is 0 Å². The van der Waals surface area contributed by atoms with Gasteiger partial charge < -0.3 is 5.11 Å².